The van der Waals surface area contributed by atoms with Gasteiger partial charge < -0.3 is 14.3 Å². The van der Waals surface area contributed by atoms with Crippen molar-refractivity contribution in [3.63, 3.8) is 0 Å². The first-order valence-electron chi connectivity index (χ1n) is 8.47. The highest BCUT2D eigenvalue weighted by Gasteiger charge is 2.34. The molecule has 1 fully saturated rings. The van der Waals surface area contributed by atoms with Crippen molar-refractivity contribution in [1.82, 2.24) is 5.43 Å². The van der Waals surface area contributed by atoms with Crippen LogP contribution in [0.15, 0.2) is 70.7 Å². The van der Waals surface area contributed by atoms with Crippen LogP contribution in [0.5, 0.6) is 0 Å². The molecule has 3 aromatic rings. The third-order valence-electron chi connectivity index (χ3n) is 4.29. The maximum absolute atomic E-state index is 12.6. The number of para-hydroxylation sites is 1. The first kappa shape index (κ1) is 18.5. The fraction of sp³-hybridized carbons (Fsp3) is 0. The van der Waals surface area contributed by atoms with Crippen LogP contribution in [0.2, 0.25) is 5.02 Å². The first-order chi connectivity index (χ1) is 13.9. The van der Waals surface area contributed by atoms with Crippen LogP contribution in [-0.4, -0.2) is 17.8 Å². The van der Waals surface area contributed by atoms with Crippen LogP contribution in [0.25, 0.3) is 17.4 Å². The van der Waals surface area contributed by atoms with E-state index in [1.54, 1.807) is 42.5 Å². The number of rotatable bonds is 4. The summed E-state index contributed by atoms with van der Waals surface area (Å²) in [6.45, 7) is 0. The number of aromatic carboxylic acids is 1. The van der Waals surface area contributed by atoms with Gasteiger partial charge in [-0.15, -0.1) is 0 Å². The number of carbonyl (C=O) groups excluding carboxylic acids is 3. The Labute approximate surface area is 169 Å². The Balaban J connectivity index is 1.61. The quantitative estimate of drug-likeness (QED) is 0.528. The van der Waals surface area contributed by atoms with Crippen molar-refractivity contribution in [3.05, 3.63) is 82.6 Å². The molecule has 29 heavy (non-hydrogen) atoms. The third kappa shape index (κ3) is 3.51. The Kier molecular flexibility index (Phi) is 4.66. The molecule has 0 radical (unpaired) electrons. The summed E-state index contributed by atoms with van der Waals surface area (Å²) in [4.78, 5) is 35.8. The number of carbonyl (C=O) groups is 3. The van der Waals surface area contributed by atoms with E-state index in [2.05, 4.69) is 5.43 Å². The summed E-state index contributed by atoms with van der Waals surface area (Å²) in [7, 11) is 0. The largest absolute Gasteiger partial charge is 0.545 e. The molecule has 1 aliphatic heterocycles. The van der Waals surface area contributed by atoms with Gasteiger partial charge in [-0.2, -0.15) is 0 Å². The van der Waals surface area contributed by atoms with Gasteiger partial charge in [-0.05, 0) is 36.4 Å². The number of anilines is 1. The van der Waals surface area contributed by atoms with Crippen molar-refractivity contribution in [2.45, 2.75) is 0 Å². The second kappa shape index (κ2) is 7.29. The number of hydrogen-bond donors (Lipinski definition) is 1. The number of furan rings is 1. The summed E-state index contributed by atoms with van der Waals surface area (Å²) >= 11 is 5.95. The molecule has 2 heterocycles. The number of carboxylic acid groups (broad SMARTS) is 1. The summed E-state index contributed by atoms with van der Waals surface area (Å²) in [6.07, 6.45) is 1.35. The van der Waals surface area contributed by atoms with Crippen LogP contribution in [0, 0.1) is 0 Å². The van der Waals surface area contributed by atoms with Gasteiger partial charge in [0.15, 0.2) is 0 Å². The molecule has 1 N–H and O–H groups in total. The van der Waals surface area contributed by atoms with Gasteiger partial charge in [-0.25, -0.2) is 5.01 Å². The Morgan fingerprint density at radius 1 is 1.07 bits per heavy atom. The molecule has 144 valence electrons. The number of nitrogens with zero attached hydrogens (tertiary/aromatic N) is 1. The van der Waals surface area contributed by atoms with Crippen LogP contribution in [0.1, 0.15) is 16.1 Å². The fourth-order valence-corrected chi connectivity index (χ4v) is 3.14. The maximum Gasteiger partial charge on any atom is 0.282 e. The normalized spacial score (nSPS) is 15.1. The summed E-state index contributed by atoms with van der Waals surface area (Å²) in [5.41, 5.74) is 3.39. The number of halogens is 1. The molecule has 7 nitrogen and oxygen atoms in total. The summed E-state index contributed by atoms with van der Waals surface area (Å²) in [6, 6.07) is 16.2. The highest BCUT2D eigenvalue weighted by molar-refractivity contribution is 6.33. The number of nitrogens with one attached hydrogen (secondary N) is 1. The van der Waals surface area contributed by atoms with Gasteiger partial charge >= 0.3 is 0 Å². The fourth-order valence-electron chi connectivity index (χ4n) is 2.88. The molecule has 0 spiro atoms. The lowest BCUT2D eigenvalue weighted by Crippen LogP contribution is -2.35. The van der Waals surface area contributed by atoms with E-state index < -0.39 is 17.8 Å². The van der Waals surface area contributed by atoms with E-state index in [9.17, 15) is 19.5 Å². The lowest BCUT2D eigenvalue weighted by atomic mass is 10.1. The number of hydrazine groups is 1. The Morgan fingerprint density at radius 2 is 1.83 bits per heavy atom. The summed E-state index contributed by atoms with van der Waals surface area (Å²) in [5.74, 6) is -1.73. The average molecular weight is 408 g/mol. The van der Waals surface area contributed by atoms with Gasteiger partial charge in [0.2, 0.25) is 0 Å². The number of hydrogen-bond acceptors (Lipinski definition) is 5. The number of amides is 2. The summed E-state index contributed by atoms with van der Waals surface area (Å²) in [5, 5.41) is 12.1. The molecule has 2 amide bonds. The lowest BCUT2D eigenvalue weighted by Gasteiger charge is -2.13. The zero-order valence-corrected chi connectivity index (χ0v) is 15.5. The maximum atomic E-state index is 12.6. The van der Waals surface area contributed by atoms with Crippen molar-refractivity contribution in [2.24, 2.45) is 0 Å². The Hall–Kier alpha value is -3.84. The SMILES string of the molecule is O=C1NN(c2ccccc2)C(=O)/C1=C\c1ccc(-c2ccc(C(=O)[O-])c(Cl)c2)o1. The van der Waals surface area contributed by atoms with Crippen LogP contribution < -0.4 is 15.5 Å². The first-order valence-corrected chi connectivity index (χ1v) is 8.85. The summed E-state index contributed by atoms with van der Waals surface area (Å²) < 4.78 is 5.68. The molecule has 0 saturated carbocycles. The van der Waals surface area contributed by atoms with Crippen molar-refractivity contribution in [1.29, 1.82) is 0 Å². The van der Waals surface area contributed by atoms with Crippen LogP contribution in [0.4, 0.5) is 5.69 Å². The molecule has 4 rings (SSSR count). The minimum Gasteiger partial charge on any atom is -0.545 e. The Morgan fingerprint density at radius 3 is 2.52 bits per heavy atom. The molecule has 1 aromatic heterocycles. The van der Waals surface area contributed by atoms with Gasteiger partial charge in [-0.1, -0.05) is 41.9 Å². The number of carboxylic acids is 1. The molecular weight excluding hydrogens is 396 g/mol. The molecule has 8 heteroatoms. The van der Waals surface area contributed by atoms with Gasteiger partial charge in [0.1, 0.15) is 17.1 Å². The van der Waals surface area contributed by atoms with Crippen LogP contribution >= 0.6 is 11.6 Å². The van der Waals surface area contributed by atoms with Crippen LogP contribution in [-0.2, 0) is 9.59 Å². The molecule has 0 aliphatic carbocycles. The van der Waals surface area contributed by atoms with Crippen LogP contribution in [0.3, 0.4) is 0 Å². The van der Waals surface area contributed by atoms with Gasteiger partial charge in [0.25, 0.3) is 11.8 Å². The zero-order chi connectivity index (χ0) is 20.5. The van der Waals surface area contributed by atoms with E-state index >= 15 is 0 Å². The minimum atomic E-state index is -1.37. The average Bonchev–Trinajstić information content (AvgIpc) is 3.28. The monoisotopic (exact) mass is 407 g/mol. The number of benzene rings is 2. The predicted octanol–water partition coefficient (Wildman–Crippen LogP) is 2.42. The van der Waals surface area contributed by atoms with Crippen molar-refractivity contribution >= 4 is 41.1 Å². The Bertz CT molecular complexity index is 1170. The molecule has 1 aliphatic rings. The topological polar surface area (TPSA) is 103 Å². The smallest absolute Gasteiger partial charge is 0.282 e. The lowest BCUT2D eigenvalue weighted by molar-refractivity contribution is -0.255. The highest BCUT2D eigenvalue weighted by Crippen LogP contribution is 2.28. The second-order valence-corrected chi connectivity index (χ2v) is 6.57. The molecular formula is C21H12ClN2O5-. The molecule has 1 saturated heterocycles. The van der Waals surface area contributed by atoms with E-state index in [0.29, 0.717) is 17.0 Å². The molecule has 0 unspecified atom stereocenters. The van der Waals surface area contributed by atoms with E-state index in [1.807, 2.05) is 0 Å². The third-order valence-corrected chi connectivity index (χ3v) is 4.61. The van der Waals surface area contributed by atoms with Crippen molar-refractivity contribution in [2.75, 3.05) is 5.01 Å². The molecule has 0 bridgehead atoms. The van der Waals surface area contributed by atoms with E-state index in [1.165, 1.54) is 24.3 Å². The van der Waals surface area contributed by atoms with E-state index in [4.69, 9.17) is 16.0 Å². The van der Waals surface area contributed by atoms with Gasteiger partial charge in [0, 0.05) is 11.1 Å². The molecule has 2 aromatic carbocycles. The predicted molar refractivity (Wildman–Crippen MR) is 104 cm³/mol. The van der Waals surface area contributed by atoms with E-state index in [0.717, 1.165) is 5.01 Å². The second-order valence-electron chi connectivity index (χ2n) is 6.16. The standard InChI is InChI=1S/C21H13ClN2O5/c22-17-10-12(6-8-15(17)21(27)28)18-9-7-14(29-18)11-16-19(25)23-24(20(16)26)13-4-2-1-3-5-13/h1-11H,(H,23,25)(H,27,28)/p-1/b16-11-. The molecule has 0 atom stereocenters. The highest BCUT2D eigenvalue weighted by atomic mass is 35.5. The van der Waals surface area contributed by atoms with Crippen molar-refractivity contribution < 1.29 is 23.9 Å². The zero-order valence-electron chi connectivity index (χ0n) is 14.7. The van der Waals surface area contributed by atoms with Gasteiger partial charge in [-0.3, -0.25) is 15.0 Å². The van der Waals surface area contributed by atoms with Gasteiger partial charge in [0.05, 0.1) is 16.7 Å². The van der Waals surface area contributed by atoms with E-state index in [-0.39, 0.29) is 21.9 Å². The minimum absolute atomic E-state index is 0.0163. The van der Waals surface area contributed by atoms with Crippen molar-refractivity contribution in [3.8, 4) is 11.3 Å².